The van der Waals surface area contributed by atoms with Gasteiger partial charge in [0.2, 0.25) is 0 Å². The second-order valence-electron chi connectivity index (χ2n) is 6.97. The van der Waals surface area contributed by atoms with Crippen LogP contribution in [0, 0.1) is 11.8 Å². The highest BCUT2D eigenvalue weighted by atomic mass is 16.6. The van der Waals surface area contributed by atoms with E-state index in [1.165, 1.54) is 0 Å². The summed E-state index contributed by atoms with van der Waals surface area (Å²) in [5.74, 6) is -0.0946. The third kappa shape index (κ3) is 4.22. The van der Waals surface area contributed by atoms with E-state index in [1.807, 2.05) is 79.7 Å². The first-order valence-corrected chi connectivity index (χ1v) is 9.62. The largest absolute Gasteiger partial charge is 0.448 e. The molecule has 150 valence electrons. The number of nitrogens with one attached hydrogen (secondary N) is 1. The molecule has 1 N–H and O–H groups in total. The van der Waals surface area contributed by atoms with Gasteiger partial charge >= 0.3 is 11.6 Å². The molecule has 4 aromatic rings. The standard InChI is InChI=1S/C24H20N2O4/c1-17-9-8-14-20-15-22(30-26(28)23(17)20)25-24(27)29-16-21(18-10-4-2-5-11-18)19-12-6-3-7-13-19/h2-15,21H,16H2,1H3/p+1. The molecule has 0 spiro atoms. The number of carbonyl (C=O) groups excluding carboxylic acids is 1. The van der Waals surface area contributed by atoms with Crippen molar-refractivity contribution in [2.24, 2.45) is 0 Å². The molecule has 0 radical (unpaired) electrons. The minimum atomic E-state index is -0.692. The number of fused-ring (bicyclic) bond motifs is 1. The Morgan fingerprint density at radius 1 is 0.967 bits per heavy atom. The van der Waals surface area contributed by atoms with E-state index < -0.39 is 6.09 Å². The van der Waals surface area contributed by atoms with Crippen LogP contribution in [0.2, 0.25) is 0 Å². The van der Waals surface area contributed by atoms with Gasteiger partial charge in [0.15, 0.2) is 0 Å². The smallest absolute Gasteiger partial charge is 0.414 e. The van der Waals surface area contributed by atoms with E-state index in [9.17, 15) is 9.70 Å². The Morgan fingerprint density at radius 3 is 2.23 bits per heavy atom. The minimum Gasteiger partial charge on any atom is -0.448 e. The lowest BCUT2D eigenvalue weighted by Crippen LogP contribution is -2.21. The lowest BCUT2D eigenvalue weighted by molar-refractivity contribution is -0.681. The van der Waals surface area contributed by atoms with Crippen LogP contribution in [-0.4, -0.2) is 12.7 Å². The zero-order valence-electron chi connectivity index (χ0n) is 16.4. The predicted octanol–water partition coefficient (Wildman–Crippen LogP) is 5.04. The zero-order chi connectivity index (χ0) is 20.9. The molecule has 0 aliphatic carbocycles. The topological polar surface area (TPSA) is 74.4 Å². The fourth-order valence-electron chi connectivity index (χ4n) is 3.46. The molecule has 0 aliphatic rings. The summed E-state index contributed by atoms with van der Waals surface area (Å²) < 4.78 is 11.0. The molecule has 1 amide bonds. The number of hydrogen-bond donors (Lipinski definition) is 1. The predicted molar refractivity (Wildman–Crippen MR) is 114 cm³/mol. The van der Waals surface area contributed by atoms with Crippen molar-refractivity contribution in [2.45, 2.75) is 12.8 Å². The Balaban J connectivity index is 1.51. The van der Waals surface area contributed by atoms with Crippen molar-refractivity contribution in [3.8, 4) is 0 Å². The Morgan fingerprint density at radius 2 is 1.60 bits per heavy atom. The second-order valence-corrected chi connectivity index (χ2v) is 6.97. The summed E-state index contributed by atoms with van der Waals surface area (Å²) in [4.78, 5) is 24.6. The molecule has 0 atom stereocenters. The van der Waals surface area contributed by atoms with Crippen LogP contribution in [-0.2, 0) is 4.74 Å². The van der Waals surface area contributed by atoms with Gasteiger partial charge in [-0.25, -0.2) is 4.79 Å². The minimum absolute atomic E-state index is 0.0177. The fourth-order valence-corrected chi connectivity index (χ4v) is 3.46. The second kappa shape index (κ2) is 8.61. The molecule has 0 saturated carbocycles. The van der Waals surface area contributed by atoms with Gasteiger partial charge in [-0.2, -0.15) is 4.52 Å². The van der Waals surface area contributed by atoms with Crippen LogP contribution in [0.15, 0.2) is 89.5 Å². The number of rotatable bonds is 5. The van der Waals surface area contributed by atoms with Gasteiger partial charge in [-0.15, -0.1) is 0 Å². The summed E-state index contributed by atoms with van der Waals surface area (Å²) in [6.07, 6.45) is -0.692. The van der Waals surface area contributed by atoms with Crippen LogP contribution in [0.5, 0.6) is 0 Å². The van der Waals surface area contributed by atoms with Crippen molar-refractivity contribution in [3.63, 3.8) is 0 Å². The number of aryl methyl sites for hydroxylation is 1. The van der Waals surface area contributed by atoms with E-state index in [-0.39, 0.29) is 18.4 Å². The van der Waals surface area contributed by atoms with Gasteiger partial charge in [0.05, 0.1) is 10.3 Å². The SMILES string of the molecule is Cc1cccc2cc(NC(=O)OCC(c3ccccc3)c3ccccc3)o[n+](=O)c12. The molecule has 0 fully saturated rings. The maximum absolute atomic E-state index is 12.4. The first-order valence-electron chi connectivity index (χ1n) is 9.62. The number of ether oxygens (including phenoxy) is 1. The van der Waals surface area contributed by atoms with E-state index in [2.05, 4.69) is 5.32 Å². The van der Waals surface area contributed by atoms with E-state index in [4.69, 9.17) is 9.26 Å². The fraction of sp³-hybridized carbons (Fsp3) is 0.125. The Hall–Kier alpha value is -3.93. The molecule has 1 heterocycles. The van der Waals surface area contributed by atoms with Gasteiger partial charge in [-0.05, 0) is 24.1 Å². The molecule has 30 heavy (non-hydrogen) atoms. The molecule has 3 aromatic carbocycles. The zero-order valence-corrected chi connectivity index (χ0v) is 16.4. The normalized spacial score (nSPS) is 10.9. The Labute approximate surface area is 173 Å². The molecule has 1 aromatic heterocycles. The molecule has 0 aliphatic heterocycles. The molecule has 6 heteroatoms. The molecule has 4 rings (SSSR count). The molecule has 0 bridgehead atoms. The van der Waals surface area contributed by atoms with Gasteiger partial charge in [-0.3, -0.25) is 5.32 Å². The van der Waals surface area contributed by atoms with Crippen molar-refractivity contribution in [3.05, 3.63) is 107 Å². The first-order chi connectivity index (χ1) is 14.6. The highest BCUT2D eigenvalue weighted by Crippen LogP contribution is 2.25. The molecule has 0 unspecified atom stereocenters. The van der Waals surface area contributed by atoms with E-state index in [0.717, 1.165) is 16.7 Å². The number of carbonyl (C=O) groups is 1. The van der Waals surface area contributed by atoms with E-state index in [0.29, 0.717) is 15.5 Å². The highest BCUT2D eigenvalue weighted by molar-refractivity contribution is 5.86. The van der Waals surface area contributed by atoms with E-state index >= 15 is 0 Å². The van der Waals surface area contributed by atoms with Crippen LogP contribution in [0.1, 0.15) is 22.6 Å². The summed E-state index contributed by atoms with van der Waals surface area (Å²) in [7, 11) is 0. The Bertz CT molecular complexity index is 1180. The number of anilines is 1. The van der Waals surface area contributed by atoms with Gasteiger partial charge in [-0.1, -0.05) is 72.8 Å². The van der Waals surface area contributed by atoms with Crippen molar-refractivity contribution in [1.29, 1.82) is 0 Å². The maximum Gasteiger partial charge on any atom is 0.414 e. The van der Waals surface area contributed by atoms with Crippen molar-refractivity contribution in [2.75, 3.05) is 11.9 Å². The van der Waals surface area contributed by atoms with Crippen LogP contribution in [0.3, 0.4) is 0 Å². The number of benzene rings is 3. The quantitative estimate of drug-likeness (QED) is 0.509. The maximum atomic E-state index is 12.4. The van der Waals surface area contributed by atoms with Gasteiger partial charge in [0, 0.05) is 17.5 Å². The van der Waals surface area contributed by atoms with Crippen molar-refractivity contribution in [1.82, 2.24) is 0 Å². The van der Waals surface area contributed by atoms with E-state index in [1.54, 1.807) is 12.1 Å². The summed E-state index contributed by atoms with van der Waals surface area (Å²) in [5, 5.41) is 3.17. The van der Waals surface area contributed by atoms with Gasteiger partial charge < -0.3 is 4.74 Å². The summed E-state index contributed by atoms with van der Waals surface area (Å²) >= 11 is 0. The number of hydrogen-bond acceptors (Lipinski definition) is 4. The summed E-state index contributed by atoms with van der Waals surface area (Å²) in [6, 6.07) is 26.7. The average Bonchev–Trinajstić information content (AvgIpc) is 2.75. The Kier molecular flexibility index (Phi) is 5.57. The number of nitrogens with zero attached hydrogens (tertiary/aromatic N) is 1. The van der Waals surface area contributed by atoms with Crippen LogP contribution in [0.25, 0.3) is 10.9 Å². The van der Waals surface area contributed by atoms with Crippen LogP contribution in [0.4, 0.5) is 10.7 Å². The summed E-state index contributed by atoms with van der Waals surface area (Å²) in [6.45, 7) is 1.96. The number of amides is 1. The lowest BCUT2D eigenvalue weighted by atomic mass is 9.92. The third-order valence-electron chi connectivity index (χ3n) is 4.93. The number of para-hydroxylation sites is 1. The highest BCUT2D eigenvalue weighted by Gasteiger charge is 2.19. The monoisotopic (exact) mass is 401 g/mol. The first kappa shape index (κ1) is 19.4. The average molecular weight is 401 g/mol. The molecule has 6 nitrogen and oxygen atoms in total. The van der Waals surface area contributed by atoms with Crippen molar-refractivity contribution < 1.29 is 18.7 Å². The molecular weight excluding hydrogens is 380 g/mol. The van der Waals surface area contributed by atoms with Crippen molar-refractivity contribution >= 4 is 22.9 Å². The van der Waals surface area contributed by atoms with Crippen LogP contribution < -0.4 is 9.92 Å². The van der Waals surface area contributed by atoms with Gasteiger partial charge in [0.25, 0.3) is 10.5 Å². The van der Waals surface area contributed by atoms with Gasteiger partial charge in [0.1, 0.15) is 6.61 Å². The summed E-state index contributed by atoms with van der Waals surface area (Å²) in [5.41, 5.74) is 3.29. The number of aromatic nitrogens is 1. The molecule has 0 saturated heterocycles. The molecular formula is C24H21N2O4+. The third-order valence-corrected chi connectivity index (χ3v) is 4.93. The lowest BCUT2D eigenvalue weighted by Gasteiger charge is -2.18. The van der Waals surface area contributed by atoms with Crippen LogP contribution >= 0.6 is 0 Å².